The van der Waals surface area contributed by atoms with Gasteiger partial charge in [0.1, 0.15) is 57.7 Å². The van der Waals surface area contributed by atoms with Gasteiger partial charge in [0.05, 0.1) is 12.5 Å². The van der Waals surface area contributed by atoms with Gasteiger partial charge >= 0.3 is 5.97 Å². The van der Waals surface area contributed by atoms with Crippen molar-refractivity contribution in [2.45, 2.75) is 109 Å². The van der Waals surface area contributed by atoms with Crippen LogP contribution in [-0.2, 0) is 54.2 Å². The van der Waals surface area contributed by atoms with E-state index in [0.717, 1.165) is 157 Å². The first-order valence-electron chi connectivity index (χ1n) is 39.0. The van der Waals surface area contributed by atoms with Gasteiger partial charge in [-0.25, -0.2) is 35.1 Å². The average Bonchev–Trinajstić information content (AvgIpc) is 0.763. The Morgan fingerprint density at radius 2 is 0.824 bits per heavy atom. The predicted molar refractivity (Wildman–Crippen MR) is 469 cm³/mol. The Kier molecular flexibility index (Phi) is 47.2. The number of likely N-dealkylation sites (tertiary alicyclic amines) is 2. The number of rotatable bonds is 17. The summed E-state index contributed by atoms with van der Waals surface area (Å²) in [6.45, 7) is 12.7. The van der Waals surface area contributed by atoms with E-state index in [1.54, 1.807) is 84.9 Å². The van der Waals surface area contributed by atoms with Gasteiger partial charge in [-0.15, -0.1) is 49.6 Å². The molecule has 24 heteroatoms. The van der Waals surface area contributed by atoms with Crippen LogP contribution in [0, 0.1) is 70.2 Å². The molecule has 5 aliphatic heterocycles. The number of hydrogen-bond donors (Lipinski definition) is 5. The Morgan fingerprint density at radius 1 is 0.445 bits per heavy atom. The molecular formula is C95H115Cl4F8N5O6Pd. The Bertz CT molecular complexity index is 4450. The quantitative estimate of drug-likeness (QED) is 0.0338. The number of hydrogen-bond acceptors (Lipinski definition) is 9. The molecule has 0 saturated carbocycles. The molecule has 5 saturated heterocycles. The van der Waals surface area contributed by atoms with Crippen molar-refractivity contribution in [3.8, 4) is 0 Å². The second-order valence-corrected chi connectivity index (χ2v) is 29.5. The van der Waals surface area contributed by atoms with Crippen LogP contribution in [0.4, 0.5) is 35.1 Å². The predicted octanol–water partition coefficient (Wildman–Crippen LogP) is 19.9. The molecule has 4 atom stereocenters. The fraction of sp³-hybridized carbons (Fsp3) is 0.337. The second kappa shape index (κ2) is 53.3. The molecule has 0 spiro atoms. The van der Waals surface area contributed by atoms with E-state index in [0.29, 0.717) is 47.9 Å². The van der Waals surface area contributed by atoms with E-state index >= 15 is 0 Å². The zero-order valence-electron chi connectivity index (χ0n) is 66.0. The summed E-state index contributed by atoms with van der Waals surface area (Å²) >= 11 is 0. The van der Waals surface area contributed by atoms with Crippen molar-refractivity contribution >= 4 is 61.2 Å². The molecule has 5 heterocycles. The largest absolute Gasteiger partial charge is 0.466 e. The smallest absolute Gasteiger partial charge is 0.310 e. The third kappa shape index (κ3) is 30.1. The Balaban J connectivity index is 0.000000503. The Morgan fingerprint density at radius 3 is 1.21 bits per heavy atom. The zero-order chi connectivity index (χ0) is 78.0. The molecule has 10 aromatic rings. The summed E-state index contributed by atoms with van der Waals surface area (Å²) < 4.78 is 115. The van der Waals surface area contributed by atoms with Gasteiger partial charge in [0.2, 0.25) is 0 Å². The van der Waals surface area contributed by atoms with Crippen molar-refractivity contribution in [2.24, 2.45) is 23.7 Å². The molecule has 4 unspecified atom stereocenters. The summed E-state index contributed by atoms with van der Waals surface area (Å²) in [5.74, 6) is -2.54. The first kappa shape index (κ1) is 105. The molecule has 119 heavy (non-hydrogen) atoms. The number of ether oxygens (including phenoxy) is 1. The molecule has 11 nitrogen and oxygen atoms in total. The van der Waals surface area contributed by atoms with E-state index in [1.165, 1.54) is 102 Å². The van der Waals surface area contributed by atoms with Crippen molar-refractivity contribution in [1.82, 2.24) is 25.8 Å². The molecule has 0 aliphatic carbocycles. The summed E-state index contributed by atoms with van der Waals surface area (Å²) in [4.78, 5) is 16.4. The van der Waals surface area contributed by atoms with Crippen LogP contribution >= 0.6 is 49.6 Å². The minimum Gasteiger partial charge on any atom is -0.466 e. The maximum absolute atomic E-state index is 14.0. The van der Waals surface area contributed by atoms with Gasteiger partial charge in [0.15, 0.2) is 0 Å². The number of nitrogens with one attached hydrogen (secondary N) is 3. The maximum Gasteiger partial charge on any atom is 0.310 e. The summed E-state index contributed by atoms with van der Waals surface area (Å²) in [5, 5.41) is 33.4. The summed E-state index contributed by atoms with van der Waals surface area (Å²) in [6, 6.07) is 71.0. The molecule has 5 fully saturated rings. The van der Waals surface area contributed by atoms with Gasteiger partial charge in [-0.3, -0.25) is 14.6 Å². The minimum absolute atomic E-state index is 0. The number of carbonyl (C=O) groups excluding carboxylic acids is 1. The Labute approximate surface area is 736 Å². The van der Waals surface area contributed by atoms with E-state index in [1.807, 2.05) is 55.5 Å². The molecule has 9 N–H and O–H groups in total. The third-order valence-corrected chi connectivity index (χ3v) is 21.6. The van der Waals surface area contributed by atoms with E-state index < -0.39 is 34.5 Å². The van der Waals surface area contributed by atoms with Crippen LogP contribution in [0.1, 0.15) is 142 Å². The minimum atomic E-state index is -1.46. The number of piperidine rings is 5. The van der Waals surface area contributed by atoms with Gasteiger partial charge in [0.25, 0.3) is 0 Å². The summed E-state index contributed by atoms with van der Waals surface area (Å²) in [5.41, 5.74) is 7.14. The van der Waals surface area contributed by atoms with Crippen molar-refractivity contribution < 1.29 is 87.7 Å². The summed E-state index contributed by atoms with van der Waals surface area (Å²) in [7, 11) is 0. The molecule has 15 rings (SSSR count). The molecule has 0 amide bonds. The van der Waals surface area contributed by atoms with Crippen LogP contribution in [-0.4, -0.2) is 109 Å². The van der Waals surface area contributed by atoms with Crippen molar-refractivity contribution in [3.63, 3.8) is 0 Å². The van der Waals surface area contributed by atoms with Crippen LogP contribution in [0.5, 0.6) is 0 Å². The van der Waals surface area contributed by atoms with Crippen LogP contribution in [0.3, 0.4) is 0 Å². The van der Waals surface area contributed by atoms with Crippen LogP contribution in [0.2, 0.25) is 0 Å². The molecule has 5 aliphatic rings. The zero-order valence-corrected chi connectivity index (χ0v) is 70.8. The average molecular weight is 1820 g/mol. The van der Waals surface area contributed by atoms with Crippen LogP contribution in [0.15, 0.2) is 260 Å². The fourth-order valence-electron chi connectivity index (χ4n) is 16.4. The molecule has 10 aromatic carbocycles. The van der Waals surface area contributed by atoms with Gasteiger partial charge in [-0.2, -0.15) is 0 Å². The normalized spacial score (nSPS) is 17.0. The van der Waals surface area contributed by atoms with E-state index in [9.17, 15) is 50.1 Å². The van der Waals surface area contributed by atoms with Crippen molar-refractivity contribution in [3.05, 3.63) is 363 Å². The summed E-state index contributed by atoms with van der Waals surface area (Å²) in [6.07, 6.45) is 9.66. The SMILES string of the molecule is C.CCOC(=O)C1CCCN(Cc2ccccc2)C1.Cl.Cl.Cl.Cl.Fc1cccc(C(=C2CCCNC2)c2cccc(F)c2)c1.Fc1cccc(C(c2cccc(F)c2)C2CCCNC2)c1.O.O.OC(c1cccc(F)c1)(c1cccc(F)c1)C1CCCN(Cc2ccccc2)C1.OC(c1cccc(F)c1)(c1cccc(F)c1)C1CCCNC1.[HH].[Pd]. The standard InChI is InChI=1S/C25H25F2NO.C18H19F2NO.C18H19F2N.C18H17F2N.C15H21NO2.CH4.4ClH.2H2O.Pd.H2/c26-23-12-4-9-20(15-23)25(29,21-10-5-13-24(27)16-21)22-11-6-14-28(18-22)17-19-7-2-1-3-8-19;19-16-7-1-4-13(10-16)18(22,15-6-3-9-21-12-15)14-5-2-8-17(20)11-14;2*19-16-7-1-4-13(10-16)18(15-6-3-9-21-12-15)14-5-2-8-17(20)11-14;1-2-18-15(17)14-9-6-10-16(12-14)11-13-7-4-3-5-8-13;;;;;;;;;/h1-5,7-10,12-13,15-16,22,29H,6,11,14,17-18H2;1-2,4-5,7-8,10-11,15,21-22H,3,6,9,12H2;1-2,4-5,7-8,10-11,15,18,21H,3,6,9,12H2;1-2,4-5,7-8,10-11,21H,3,6,9,12H2;3-5,7-8,14H,2,6,9-12H2,1H3;1H4;4*1H;2*1H2;;1H. The number of carbonyl (C=O) groups is 1. The van der Waals surface area contributed by atoms with Gasteiger partial charge < -0.3 is 41.9 Å². The van der Waals surface area contributed by atoms with Gasteiger partial charge in [-0.05, 0) is 280 Å². The monoisotopic (exact) mass is 1820 g/mol. The molecular weight excluding hydrogens is 1710 g/mol. The number of halogens is 12. The topological polar surface area (TPSA) is 172 Å². The van der Waals surface area contributed by atoms with E-state index in [-0.39, 0.29) is 143 Å². The van der Waals surface area contributed by atoms with Crippen molar-refractivity contribution in [1.29, 1.82) is 0 Å². The first-order chi connectivity index (χ1) is 53.9. The van der Waals surface area contributed by atoms with Crippen LogP contribution < -0.4 is 16.0 Å². The van der Waals surface area contributed by atoms with E-state index in [2.05, 4.69) is 62.1 Å². The number of nitrogens with zero attached hydrogens (tertiary/aromatic N) is 2. The van der Waals surface area contributed by atoms with Gasteiger partial charge in [0, 0.05) is 78.9 Å². The van der Waals surface area contributed by atoms with Gasteiger partial charge in [-0.1, -0.05) is 165 Å². The fourth-order valence-corrected chi connectivity index (χ4v) is 16.4. The number of aliphatic hydroxyl groups is 2. The maximum atomic E-state index is 14.0. The first-order valence-corrected chi connectivity index (χ1v) is 39.0. The van der Waals surface area contributed by atoms with Crippen LogP contribution in [0.25, 0.3) is 5.57 Å². The number of esters is 1. The van der Waals surface area contributed by atoms with E-state index in [4.69, 9.17) is 4.74 Å². The second-order valence-electron chi connectivity index (χ2n) is 29.5. The third-order valence-electron chi connectivity index (χ3n) is 21.6. The number of benzene rings is 10. The Hall–Kier alpha value is -7.69. The van der Waals surface area contributed by atoms with Crippen molar-refractivity contribution in [2.75, 3.05) is 72.1 Å². The molecule has 0 aromatic heterocycles. The molecule has 0 bridgehead atoms. The molecule has 0 radical (unpaired) electrons. The molecule has 650 valence electrons.